The van der Waals surface area contributed by atoms with Gasteiger partial charge >= 0.3 is 0 Å². The van der Waals surface area contributed by atoms with Crippen LogP contribution in [0.5, 0.6) is 0 Å². The van der Waals surface area contributed by atoms with Crippen LogP contribution in [-0.2, 0) is 0 Å². The maximum Gasteiger partial charge on any atom is 0.114 e. The summed E-state index contributed by atoms with van der Waals surface area (Å²) in [5.74, 6) is 2.68. The Morgan fingerprint density at radius 3 is 2.95 bits per heavy atom. The predicted molar refractivity (Wildman–Crippen MR) is 84.2 cm³/mol. The quantitative estimate of drug-likeness (QED) is 0.755. The lowest BCUT2D eigenvalue weighted by atomic mass is 9.85. The number of thioether (sulfide) groups is 1. The number of hydrogen-bond donors (Lipinski definition) is 2. The van der Waals surface area contributed by atoms with Crippen LogP contribution in [0.25, 0.3) is 0 Å². The normalized spacial score (nSPS) is 26.6. The molecule has 1 aromatic heterocycles. The summed E-state index contributed by atoms with van der Waals surface area (Å²) in [5, 5.41) is 13.5. The van der Waals surface area contributed by atoms with Crippen LogP contribution in [0.2, 0.25) is 0 Å². The Balaban J connectivity index is 1.89. The van der Waals surface area contributed by atoms with Crippen LogP contribution in [0.15, 0.2) is 21.6 Å². The molecular formula is C16H27NO2S. The number of rotatable bonds is 7. The average molecular weight is 297 g/mol. The molecule has 2 atom stereocenters. The van der Waals surface area contributed by atoms with Crippen molar-refractivity contribution in [1.29, 1.82) is 0 Å². The second kappa shape index (κ2) is 7.01. The first-order valence-corrected chi connectivity index (χ1v) is 8.61. The Kier molecular flexibility index (Phi) is 5.58. The molecule has 0 amide bonds. The molecule has 2 N–H and O–H groups in total. The lowest BCUT2D eigenvalue weighted by molar-refractivity contribution is 0.113. The Bertz CT molecular complexity index is 418. The molecule has 1 fully saturated rings. The van der Waals surface area contributed by atoms with Crippen LogP contribution in [-0.4, -0.2) is 29.0 Å². The van der Waals surface area contributed by atoms with Gasteiger partial charge in [0, 0.05) is 16.5 Å². The van der Waals surface area contributed by atoms with Crippen molar-refractivity contribution in [2.24, 2.45) is 5.92 Å². The second-order valence-electron chi connectivity index (χ2n) is 6.18. The molecule has 0 spiro atoms. The summed E-state index contributed by atoms with van der Waals surface area (Å²) >= 11 is 1.87. The number of furan rings is 1. The molecule has 2 rings (SSSR count). The zero-order chi connectivity index (χ0) is 14.6. The van der Waals surface area contributed by atoms with Gasteiger partial charge in [-0.3, -0.25) is 0 Å². The van der Waals surface area contributed by atoms with Crippen molar-refractivity contribution in [3.8, 4) is 0 Å². The van der Waals surface area contributed by atoms with Crippen molar-refractivity contribution < 1.29 is 9.52 Å². The summed E-state index contributed by atoms with van der Waals surface area (Å²) in [5.41, 5.74) is -0.0554. The first-order valence-electron chi connectivity index (χ1n) is 7.63. The molecule has 0 aliphatic heterocycles. The molecule has 0 aromatic carbocycles. The van der Waals surface area contributed by atoms with Crippen LogP contribution in [0.4, 0.5) is 0 Å². The van der Waals surface area contributed by atoms with Crippen molar-refractivity contribution >= 4 is 11.8 Å². The molecule has 1 aliphatic rings. The first-order chi connectivity index (χ1) is 9.57. The maximum atomic E-state index is 9.88. The second-order valence-corrected chi connectivity index (χ2v) is 7.32. The minimum absolute atomic E-state index is 0.0554. The summed E-state index contributed by atoms with van der Waals surface area (Å²) in [6.07, 6.45) is 6.45. The minimum Gasteiger partial charge on any atom is -0.468 e. The molecular weight excluding hydrogens is 270 g/mol. The number of aliphatic hydroxyl groups is 1. The van der Waals surface area contributed by atoms with Crippen molar-refractivity contribution in [2.45, 2.75) is 62.9 Å². The van der Waals surface area contributed by atoms with Gasteiger partial charge in [0.25, 0.3) is 0 Å². The molecule has 2 unspecified atom stereocenters. The third-order valence-corrected chi connectivity index (χ3v) is 5.52. The smallest absolute Gasteiger partial charge is 0.114 e. The molecule has 0 saturated heterocycles. The van der Waals surface area contributed by atoms with Crippen LogP contribution >= 0.6 is 11.8 Å². The van der Waals surface area contributed by atoms with E-state index in [-0.39, 0.29) is 12.1 Å². The highest BCUT2D eigenvalue weighted by molar-refractivity contribution is 7.99. The first kappa shape index (κ1) is 15.9. The third kappa shape index (κ3) is 3.60. The molecule has 1 saturated carbocycles. The highest BCUT2D eigenvalue weighted by Gasteiger charge is 2.41. The number of aliphatic hydroxyl groups excluding tert-OH is 1. The molecule has 1 aliphatic carbocycles. The molecule has 4 heteroatoms. The topological polar surface area (TPSA) is 45.4 Å². The highest BCUT2D eigenvalue weighted by Crippen LogP contribution is 2.39. The van der Waals surface area contributed by atoms with E-state index >= 15 is 0 Å². The summed E-state index contributed by atoms with van der Waals surface area (Å²) in [6.45, 7) is 6.59. The SMILES string of the molecule is Cc1occc1SCCC1CCCC1(CO)NC(C)C. The van der Waals surface area contributed by atoms with Crippen molar-refractivity contribution in [3.05, 3.63) is 18.1 Å². The molecule has 1 heterocycles. The number of hydrogen-bond acceptors (Lipinski definition) is 4. The lowest BCUT2D eigenvalue weighted by Crippen LogP contribution is -2.54. The Morgan fingerprint density at radius 1 is 1.55 bits per heavy atom. The van der Waals surface area contributed by atoms with Gasteiger partial charge in [-0.2, -0.15) is 0 Å². The molecule has 20 heavy (non-hydrogen) atoms. The highest BCUT2D eigenvalue weighted by atomic mass is 32.2. The van der Waals surface area contributed by atoms with E-state index in [1.807, 2.05) is 24.8 Å². The van der Waals surface area contributed by atoms with Gasteiger partial charge in [0.1, 0.15) is 5.76 Å². The van der Waals surface area contributed by atoms with Gasteiger partial charge in [-0.05, 0) is 43.9 Å². The van der Waals surface area contributed by atoms with Gasteiger partial charge in [0.15, 0.2) is 0 Å². The summed E-state index contributed by atoms with van der Waals surface area (Å²) in [7, 11) is 0. The molecule has 1 aromatic rings. The Hall–Kier alpha value is -0.450. The fraction of sp³-hybridized carbons (Fsp3) is 0.750. The van der Waals surface area contributed by atoms with Gasteiger partial charge in [0.2, 0.25) is 0 Å². The van der Waals surface area contributed by atoms with E-state index in [1.54, 1.807) is 6.26 Å². The van der Waals surface area contributed by atoms with E-state index < -0.39 is 0 Å². The molecule has 0 bridgehead atoms. The monoisotopic (exact) mass is 297 g/mol. The zero-order valence-corrected chi connectivity index (χ0v) is 13.6. The Morgan fingerprint density at radius 2 is 2.35 bits per heavy atom. The molecule has 114 valence electrons. The van der Waals surface area contributed by atoms with Gasteiger partial charge in [-0.15, -0.1) is 11.8 Å². The summed E-state index contributed by atoms with van der Waals surface area (Å²) in [6, 6.07) is 2.46. The van der Waals surface area contributed by atoms with E-state index in [1.165, 1.54) is 17.7 Å². The van der Waals surface area contributed by atoms with Crippen molar-refractivity contribution in [1.82, 2.24) is 5.32 Å². The van der Waals surface area contributed by atoms with E-state index in [9.17, 15) is 5.11 Å². The fourth-order valence-corrected chi connectivity index (χ4v) is 4.44. The summed E-state index contributed by atoms with van der Waals surface area (Å²) < 4.78 is 5.33. The molecule has 3 nitrogen and oxygen atoms in total. The van der Waals surface area contributed by atoms with E-state index in [2.05, 4.69) is 19.2 Å². The minimum atomic E-state index is -0.0554. The van der Waals surface area contributed by atoms with Crippen LogP contribution < -0.4 is 5.32 Å². The summed E-state index contributed by atoms with van der Waals surface area (Å²) in [4.78, 5) is 1.24. The van der Waals surface area contributed by atoms with Crippen LogP contribution in [0, 0.1) is 12.8 Å². The van der Waals surface area contributed by atoms with Gasteiger partial charge in [0.05, 0.1) is 12.9 Å². The standard InChI is InChI=1S/C16H27NO2S/c1-12(2)17-16(11-18)8-4-5-14(16)7-10-20-15-6-9-19-13(15)3/h6,9,12,14,17-18H,4-5,7-8,10-11H2,1-3H3. The number of nitrogens with one attached hydrogen (secondary N) is 1. The van der Waals surface area contributed by atoms with Gasteiger partial charge < -0.3 is 14.8 Å². The van der Waals surface area contributed by atoms with Gasteiger partial charge in [-0.1, -0.05) is 20.3 Å². The van der Waals surface area contributed by atoms with E-state index in [0.29, 0.717) is 12.0 Å². The largest absolute Gasteiger partial charge is 0.468 e. The lowest BCUT2D eigenvalue weighted by Gasteiger charge is -2.37. The zero-order valence-electron chi connectivity index (χ0n) is 12.8. The van der Waals surface area contributed by atoms with E-state index in [0.717, 1.165) is 24.4 Å². The van der Waals surface area contributed by atoms with Crippen LogP contribution in [0.3, 0.4) is 0 Å². The fourth-order valence-electron chi connectivity index (χ4n) is 3.42. The van der Waals surface area contributed by atoms with Gasteiger partial charge in [-0.25, -0.2) is 0 Å². The van der Waals surface area contributed by atoms with E-state index in [4.69, 9.17) is 4.42 Å². The molecule has 0 radical (unpaired) electrons. The third-order valence-electron chi connectivity index (χ3n) is 4.35. The Labute approximate surface area is 126 Å². The maximum absolute atomic E-state index is 9.88. The van der Waals surface area contributed by atoms with Crippen molar-refractivity contribution in [2.75, 3.05) is 12.4 Å². The van der Waals surface area contributed by atoms with Crippen LogP contribution in [0.1, 0.15) is 45.3 Å². The number of aryl methyl sites for hydroxylation is 1. The predicted octanol–water partition coefficient (Wildman–Crippen LogP) is 3.60. The average Bonchev–Trinajstić information content (AvgIpc) is 2.97. The van der Waals surface area contributed by atoms with Crippen molar-refractivity contribution in [3.63, 3.8) is 0 Å².